The lowest BCUT2D eigenvalue weighted by Crippen LogP contribution is -2.09. The summed E-state index contributed by atoms with van der Waals surface area (Å²) < 4.78 is 9.55. The second-order valence-corrected chi connectivity index (χ2v) is 4.27. The van der Waals surface area contributed by atoms with E-state index < -0.39 is 11.6 Å². The largest absolute Gasteiger partial charge is 0.465 e. The van der Waals surface area contributed by atoms with Crippen LogP contribution in [0, 0.1) is 0 Å². The predicted molar refractivity (Wildman–Crippen MR) is 68.8 cm³/mol. The number of ether oxygens (including phenoxy) is 1. The summed E-state index contributed by atoms with van der Waals surface area (Å²) in [6.45, 7) is 1.37. The summed E-state index contributed by atoms with van der Waals surface area (Å²) in [6.07, 6.45) is 0. The molecule has 0 spiro atoms. The van der Waals surface area contributed by atoms with E-state index in [-0.39, 0.29) is 27.3 Å². The molecule has 0 aliphatic rings. The summed E-state index contributed by atoms with van der Waals surface area (Å²) in [4.78, 5) is 34.4. The summed E-state index contributed by atoms with van der Waals surface area (Å²) >= 11 is 5.96. The number of esters is 1. The molecule has 1 aromatic heterocycles. The number of ketones is 1. The number of Topliss-reactive ketones (excluding diaryl/α,β-unsaturated/α-hetero) is 1. The van der Waals surface area contributed by atoms with Crippen molar-refractivity contribution in [2.45, 2.75) is 6.92 Å². The van der Waals surface area contributed by atoms with E-state index in [4.69, 9.17) is 16.0 Å². The van der Waals surface area contributed by atoms with E-state index in [2.05, 4.69) is 4.74 Å². The van der Waals surface area contributed by atoms with Gasteiger partial charge in [-0.1, -0.05) is 11.6 Å². The van der Waals surface area contributed by atoms with E-state index in [0.29, 0.717) is 5.56 Å². The van der Waals surface area contributed by atoms with Gasteiger partial charge in [0.2, 0.25) is 0 Å². The molecule has 6 heteroatoms. The zero-order valence-corrected chi connectivity index (χ0v) is 10.9. The molecule has 0 unspecified atom stereocenters. The van der Waals surface area contributed by atoms with Gasteiger partial charge in [-0.25, -0.2) is 9.59 Å². The third kappa shape index (κ3) is 2.37. The first-order chi connectivity index (χ1) is 8.93. The molecule has 0 saturated heterocycles. The summed E-state index contributed by atoms with van der Waals surface area (Å²) in [5, 5.41) is 0.356. The minimum absolute atomic E-state index is 0.0127. The van der Waals surface area contributed by atoms with Crippen LogP contribution in [0.4, 0.5) is 0 Å². The molecule has 0 fully saturated rings. The second-order valence-electron chi connectivity index (χ2n) is 3.86. The van der Waals surface area contributed by atoms with Gasteiger partial charge < -0.3 is 9.15 Å². The summed E-state index contributed by atoms with van der Waals surface area (Å²) in [5.41, 5.74) is -0.333. The monoisotopic (exact) mass is 280 g/mol. The third-order valence-electron chi connectivity index (χ3n) is 2.61. The fourth-order valence-electron chi connectivity index (χ4n) is 1.70. The number of benzene rings is 1. The van der Waals surface area contributed by atoms with Gasteiger partial charge in [0.15, 0.2) is 11.4 Å². The van der Waals surface area contributed by atoms with Crippen LogP contribution >= 0.6 is 11.6 Å². The zero-order valence-electron chi connectivity index (χ0n) is 10.2. The van der Waals surface area contributed by atoms with Crippen LogP contribution in [0.1, 0.15) is 27.6 Å². The molecule has 98 valence electrons. The zero-order chi connectivity index (χ0) is 14.2. The van der Waals surface area contributed by atoms with Crippen molar-refractivity contribution in [1.82, 2.24) is 0 Å². The minimum Gasteiger partial charge on any atom is -0.465 e. The smallest absolute Gasteiger partial charge is 0.338 e. The number of fused-ring (bicyclic) bond motifs is 1. The number of hydrogen-bond donors (Lipinski definition) is 0. The Morgan fingerprint density at radius 1 is 1.26 bits per heavy atom. The highest BCUT2D eigenvalue weighted by Gasteiger charge is 2.17. The van der Waals surface area contributed by atoms with E-state index in [9.17, 15) is 14.4 Å². The molecule has 1 aromatic carbocycles. The molecule has 0 aliphatic carbocycles. The number of hydrogen-bond acceptors (Lipinski definition) is 5. The summed E-state index contributed by atoms with van der Waals surface area (Å²) in [6, 6.07) is 3.84. The van der Waals surface area contributed by atoms with Crippen LogP contribution in [0.25, 0.3) is 11.0 Å². The number of carbonyl (C=O) groups is 2. The summed E-state index contributed by atoms with van der Waals surface area (Å²) in [7, 11) is 1.19. The van der Waals surface area contributed by atoms with Crippen molar-refractivity contribution < 1.29 is 18.7 Å². The fourth-order valence-corrected chi connectivity index (χ4v) is 1.96. The van der Waals surface area contributed by atoms with Gasteiger partial charge in [0.1, 0.15) is 0 Å². The third-order valence-corrected chi connectivity index (χ3v) is 2.89. The lowest BCUT2D eigenvalue weighted by atomic mass is 10.0. The highest BCUT2D eigenvalue weighted by atomic mass is 35.5. The molecule has 1 heterocycles. The minimum atomic E-state index is -0.717. The van der Waals surface area contributed by atoms with Crippen molar-refractivity contribution in [3.63, 3.8) is 0 Å². The van der Waals surface area contributed by atoms with Crippen molar-refractivity contribution >= 4 is 34.3 Å². The normalized spacial score (nSPS) is 10.5. The molecule has 19 heavy (non-hydrogen) atoms. The highest BCUT2D eigenvalue weighted by molar-refractivity contribution is 6.35. The molecular weight excluding hydrogens is 272 g/mol. The number of methoxy groups -OCH3 is 1. The predicted octanol–water partition coefficient (Wildman–Crippen LogP) is 2.44. The van der Waals surface area contributed by atoms with E-state index in [1.165, 1.54) is 26.2 Å². The Kier molecular flexibility index (Phi) is 3.40. The summed E-state index contributed by atoms with van der Waals surface area (Å²) in [5.74, 6) is -0.916. The van der Waals surface area contributed by atoms with Gasteiger partial charge in [-0.15, -0.1) is 0 Å². The molecule has 5 nitrogen and oxygen atoms in total. The van der Waals surface area contributed by atoms with Gasteiger partial charge in [-0.05, 0) is 19.1 Å². The van der Waals surface area contributed by atoms with Gasteiger partial charge in [-0.3, -0.25) is 4.79 Å². The molecule has 0 atom stereocenters. The molecule has 0 bridgehead atoms. The van der Waals surface area contributed by atoms with Crippen LogP contribution in [0.3, 0.4) is 0 Å². The van der Waals surface area contributed by atoms with Crippen LogP contribution < -0.4 is 5.63 Å². The second kappa shape index (κ2) is 4.85. The SMILES string of the molecule is COC(=O)c1cc(=O)oc2c(Cl)cc(C(C)=O)cc12. The molecule has 2 aromatic rings. The molecule has 0 aliphatic heterocycles. The Hall–Kier alpha value is -2.14. The molecule has 0 N–H and O–H groups in total. The maximum Gasteiger partial charge on any atom is 0.338 e. The molecule has 0 saturated carbocycles. The van der Waals surface area contributed by atoms with Gasteiger partial charge in [0, 0.05) is 17.0 Å². The quantitative estimate of drug-likeness (QED) is 0.480. The highest BCUT2D eigenvalue weighted by Crippen LogP contribution is 2.27. The van der Waals surface area contributed by atoms with Crippen LogP contribution in [0.15, 0.2) is 27.4 Å². The Morgan fingerprint density at radius 3 is 2.53 bits per heavy atom. The van der Waals surface area contributed by atoms with E-state index in [1.54, 1.807) is 0 Å². The maximum absolute atomic E-state index is 11.6. The van der Waals surface area contributed by atoms with Gasteiger partial charge in [-0.2, -0.15) is 0 Å². The number of halogens is 1. The Labute approximate surface area is 112 Å². The van der Waals surface area contributed by atoms with Crippen molar-refractivity contribution in [2.75, 3.05) is 7.11 Å². The Balaban J connectivity index is 2.91. The van der Waals surface area contributed by atoms with E-state index in [1.807, 2.05) is 0 Å². The standard InChI is InChI=1S/C13H9ClO5/c1-6(15)7-3-8-9(13(17)18-2)5-11(16)19-12(8)10(14)4-7/h3-5H,1-2H3. The fraction of sp³-hybridized carbons (Fsp3) is 0.154. The Bertz CT molecular complexity index is 745. The Morgan fingerprint density at radius 2 is 1.95 bits per heavy atom. The lowest BCUT2D eigenvalue weighted by Gasteiger charge is -2.06. The van der Waals surface area contributed by atoms with Crippen LogP contribution in [-0.4, -0.2) is 18.9 Å². The van der Waals surface area contributed by atoms with Crippen molar-refractivity contribution in [3.05, 3.63) is 44.8 Å². The average Bonchev–Trinajstić information content (AvgIpc) is 2.37. The molecule has 0 radical (unpaired) electrons. The first-order valence-corrected chi connectivity index (χ1v) is 5.68. The first kappa shape index (κ1) is 13.3. The van der Waals surface area contributed by atoms with E-state index in [0.717, 1.165) is 6.07 Å². The van der Waals surface area contributed by atoms with Gasteiger partial charge in [0.05, 0.1) is 17.7 Å². The van der Waals surface area contributed by atoms with E-state index >= 15 is 0 Å². The van der Waals surface area contributed by atoms with Crippen molar-refractivity contribution in [1.29, 1.82) is 0 Å². The first-order valence-electron chi connectivity index (χ1n) is 5.30. The van der Waals surface area contributed by atoms with Crippen LogP contribution in [0.2, 0.25) is 5.02 Å². The molecular formula is C13H9ClO5. The van der Waals surface area contributed by atoms with Gasteiger partial charge in [0.25, 0.3) is 0 Å². The maximum atomic E-state index is 11.6. The number of carbonyl (C=O) groups excluding carboxylic acids is 2. The topological polar surface area (TPSA) is 73.6 Å². The molecule has 2 rings (SSSR count). The lowest BCUT2D eigenvalue weighted by molar-refractivity contribution is 0.0602. The van der Waals surface area contributed by atoms with Crippen LogP contribution in [-0.2, 0) is 4.74 Å². The average molecular weight is 281 g/mol. The van der Waals surface area contributed by atoms with Crippen LogP contribution in [0.5, 0.6) is 0 Å². The molecule has 0 amide bonds. The van der Waals surface area contributed by atoms with Crippen molar-refractivity contribution in [3.8, 4) is 0 Å². The number of rotatable bonds is 2. The van der Waals surface area contributed by atoms with Gasteiger partial charge >= 0.3 is 11.6 Å². The van der Waals surface area contributed by atoms with Crippen molar-refractivity contribution in [2.24, 2.45) is 0 Å².